The molecule has 5 heteroatoms. The highest BCUT2D eigenvalue weighted by molar-refractivity contribution is 6.33. The Morgan fingerprint density at radius 2 is 1.92 bits per heavy atom. The lowest BCUT2D eigenvalue weighted by Crippen LogP contribution is -2.17. The van der Waals surface area contributed by atoms with Gasteiger partial charge in [0.05, 0.1) is 12.3 Å². The number of H-pyrrole nitrogens is 1. The Morgan fingerprint density at radius 1 is 1.15 bits per heavy atom. The normalized spacial score (nSPS) is 10.6. The van der Waals surface area contributed by atoms with Crippen molar-refractivity contribution in [2.75, 3.05) is 11.4 Å². The summed E-state index contributed by atoms with van der Waals surface area (Å²) in [6, 6.07) is 12.0. The van der Waals surface area contributed by atoms with Gasteiger partial charge in [-0.1, -0.05) is 29.8 Å². The summed E-state index contributed by atoms with van der Waals surface area (Å²) < 4.78 is 0. The van der Waals surface area contributed by atoms with Gasteiger partial charge >= 0.3 is 0 Å². The summed E-state index contributed by atoms with van der Waals surface area (Å²) in [7, 11) is 0. The summed E-state index contributed by atoms with van der Waals surface area (Å²) in [5, 5.41) is 7.85. The first-order chi connectivity index (χ1) is 12.5. The molecular weight excluding hydrogens is 344 g/mol. The Kier molecular flexibility index (Phi) is 5.01. The standard InChI is InChI=1S/C21H21ClN4/c1-6-26(17-9-10-19(23-5)18(22)12-17)20-11-16(8-7-13(20)2)21-14(3)24-25-15(21)4/h7-12H,6H2,1-4H3,(H,24,25). The van der Waals surface area contributed by atoms with E-state index in [2.05, 4.69) is 52.0 Å². The van der Waals surface area contributed by atoms with Crippen LogP contribution in [0.2, 0.25) is 5.02 Å². The zero-order valence-electron chi connectivity index (χ0n) is 15.4. The number of benzene rings is 2. The van der Waals surface area contributed by atoms with Crippen molar-refractivity contribution in [1.29, 1.82) is 0 Å². The van der Waals surface area contributed by atoms with Gasteiger partial charge in [0.15, 0.2) is 0 Å². The largest absolute Gasteiger partial charge is 0.342 e. The maximum atomic E-state index is 7.17. The molecule has 1 heterocycles. The number of halogens is 1. The highest BCUT2D eigenvalue weighted by atomic mass is 35.5. The van der Waals surface area contributed by atoms with E-state index in [0.29, 0.717) is 10.7 Å². The molecule has 0 bridgehead atoms. The highest BCUT2D eigenvalue weighted by Gasteiger charge is 2.15. The van der Waals surface area contributed by atoms with Crippen LogP contribution in [0.4, 0.5) is 17.1 Å². The zero-order valence-corrected chi connectivity index (χ0v) is 16.1. The maximum absolute atomic E-state index is 7.17. The summed E-state index contributed by atoms with van der Waals surface area (Å²) >= 11 is 6.26. The van der Waals surface area contributed by atoms with Crippen LogP contribution in [0.25, 0.3) is 16.0 Å². The van der Waals surface area contributed by atoms with Crippen molar-refractivity contribution in [2.24, 2.45) is 0 Å². The molecule has 0 aliphatic rings. The predicted octanol–water partition coefficient (Wildman–Crippen LogP) is 6.36. The number of nitrogens with zero attached hydrogens (tertiary/aromatic N) is 3. The third kappa shape index (κ3) is 3.18. The number of aryl methyl sites for hydroxylation is 3. The fraction of sp³-hybridized carbons (Fsp3) is 0.238. The van der Waals surface area contributed by atoms with Gasteiger partial charge in [-0.2, -0.15) is 5.10 Å². The van der Waals surface area contributed by atoms with E-state index in [1.807, 2.05) is 26.0 Å². The van der Waals surface area contributed by atoms with Crippen molar-refractivity contribution in [1.82, 2.24) is 10.2 Å². The number of nitrogens with one attached hydrogen (secondary N) is 1. The van der Waals surface area contributed by atoms with Crippen molar-refractivity contribution >= 4 is 28.7 Å². The number of anilines is 2. The van der Waals surface area contributed by atoms with Gasteiger partial charge in [-0.15, -0.1) is 0 Å². The van der Waals surface area contributed by atoms with Crippen LogP contribution >= 0.6 is 11.6 Å². The van der Waals surface area contributed by atoms with Crippen molar-refractivity contribution < 1.29 is 0 Å². The molecule has 26 heavy (non-hydrogen) atoms. The molecule has 0 aliphatic heterocycles. The third-order valence-corrected chi connectivity index (χ3v) is 4.90. The molecule has 4 nitrogen and oxygen atoms in total. The van der Waals surface area contributed by atoms with Crippen LogP contribution in [-0.2, 0) is 0 Å². The van der Waals surface area contributed by atoms with Crippen LogP contribution in [0.5, 0.6) is 0 Å². The first-order valence-corrected chi connectivity index (χ1v) is 8.91. The van der Waals surface area contributed by atoms with E-state index in [-0.39, 0.29) is 0 Å². The molecule has 0 saturated carbocycles. The van der Waals surface area contributed by atoms with Crippen molar-refractivity contribution in [3.63, 3.8) is 0 Å². The van der Waals surface area contributed by atoms with Gasteiger partial charge in [0.2, 0.25) is 5.69 Å². The van der Waals surface area contributed by atoms with E-state index >= 15 is 0 Å². The van der Waals surface area contributed by atoms with E-state index in [4.69, 9.17) is 18.2 Å². The molecule has 132 valence electrons. The topological polar surface area (TPSA) is 36.3 Å². The van der Waals surface area contributed by atoms with Gasteiger partial charge in [0, 0.05) is 34.2 Å². The average Bonchev–Trinajstić information content (AvgIpc) is 2.96. The van der Waals surface area contributed by atoms with E-state index in [1.54, 1.807) is 6.07 Å². The molecule has 0 spiro atoms. The minimum absolute atomic E-state index is 0.474. The molecule has 3 aromatic rings. The van der Waals surface area contributed by atoms with Crippen LogP contribution in [0, 0.1) is 27.3 Å². The molecule has 0 fully saturated rings. The molecule has 1 aromatic heterocycles. The Hall–Kier alpha value is -2.77. The highest BCUT2D eigenvalue weighted by Crippen LogP contribution is 2.37. The van der Waals surface area contributed by atoms with E-state index in [1.165, 1.54) is 5.56 Å². The second-order valence-electron chi connectivity index (χ2n) is 6.30. The molecule has 0 atom stereocenters. The second-order valence-corrected chi connectivity index (χ2v) is 6.71. The van der Waals surface area contributed by atoms with Crippen LogP contribution in [0.3, 0.4) is 0 Å². The molecule has 0 unspecified atom stereocenters. The molecular formula is C21H21ClN4. The summed E-state index contributed by atoms with van der Waals surface area (Å²) in [6.07, 6.45) is 0. The van der Waals surface area contributed by atoms with Gasteiger partial charge in [0.1, 0.15) is 0 Å². The summed E-state index contributed by atoms with van der Waals surface area (Å²) in [5.41, 5.74) is 8.08. The van der Waals surface area contributed by atoms with Gasteiger partial charge in [0.25, 0.3) is 0 Å². The number of rotatable bonds is 4. The first kappa shape index (κ1) is 18.0. The SMILES string of the molecule is [C-]#[N+]c1ccc(N(CC)c2cc(-c3c(C)n[nH]c3C)ccc2C)cc1Cl. The summed E-state index contributed by atoms with van der Waals surface area (Å²) in [5.74, 6) is 0. The van der Waals surface area contributed by atoms with Crippen LogP contribution in [-0.4, -0.2) is 16.7 Å². The zero-order chi connectivity index (χ0) is 18.8. The van der Waals surface area contributed by atoms with Crippen LogP contribution in [0.15, 0.2) is 36.4 Å². The Morgan fingerprint density at radius 3 is 2.50 bits per heavy atom. The minimum Gasteiger partial charge on any atom is -0.342 e. The van der Waals surface area contributed by atoms with E-state index < -0.39 is 0 Å². The lowest BCUT2D eigenvalue weighted by atomic mass is 10.0. The number of hydrogen-bond donors (Lipinski definition) is 1. The molecule has 2 aromatic carbocycles. The van der Waals surface area contributed by atoms with E-state index in [9.17, 15) is 0 Å². The van der Waals surface area contributed by atoms with E-state index in [0.717, 1.165) is 40.4 Å². The summed E-state index contributed by atoms with van der Waals surface area (Å²) in [4.78, 5) is 5.65. The predicted molar refractivity (Wildman–Crippen MR) is 109 cm³/mol. The second kappa shape index (κ2) is 7.23. The van der Waals surface area contributed by atoms with Crippen LogP contribution < -0.4 is 4.90 Å². The minimum atomic E-state index is 0.474. The molecule has 0 aliphatic carbocycles. The van der Waals surface area contributed by atoms with Crippen molar-refractivity contribution in [3.05, 3.63) is 69.8 Å². The Bertz CT molecular complexity index is 978. The maximum Gasteiger partial charge on any atom is 0.205 e. The third-order valence-electron chi connectivity index (χ3n) is 4.60. The lowest BCUT2D eigenvalue weighted by Gasteiger charge is -2.26. The molecule has 1 N–H and O–H groups in total. The summed E-state index contributed by atoms with van der Waals surface area (Å²) in [6.45, 7) is 16.2. The molecule has 0 amide bonds. The smallest absolute Gasteiger partial charge is 0.205 e. The van der Waals surface area contributed by atoms with Gasteiger partial charge in [-0.25, -0.2) is 4.85 Å². The Labute approximate surface area is 159 Å². The number of hydrogen-bond acceptors (Lipinski definition) is 2. The van der Waals surface area contributed by atoms with Crippen LogP contribution in [0.1, 0.15) is 23.9 Å². The Balaban J connectivity index is 2.11. The number of aromatic nitrogens is 2. The fourth-order valence-electron chi connectivity index (χ4n) is 3.28. The number of aromatic amines is 1. The van der Waals surface area contributed by atoms with Crippen molar-refractivity contribution in [3.8, 4) is 11.1 Å². The van der Waals surface area contributed by atoms with Gasteiger partial charge in [-0.3, -0.25) is 5.10 Å². The van der Waals surface area contributed by atoms with Crippen molar-refractivity contribution in [2.45, 2.75) is 27.7 Å². The quantitative estimate of drug-likeness (QED) is 0.546. The lowest BCUT2D eigenvalue weighted by molar-refractivity contribution is 1.02. The molecule has 0 saturated heterocycles. The monoisotopic (exact) mass is 364 g/mol. The fourth-order valence-corrected chi connectivity index (χ4v) is 3.50. The van der Waals surface area contributed by atoms with Gasteiger partial charge < -0.3 is 4.90 Å². The van der Waals surface area contributed by atoms with Gasteiger partial charge in [-0.05, 0) is 57.0 Å². The molecule has 0 radical (unpaired) electrons. The average molecular weight is 365 g/mol. The first-order valence-electron chi connectivity index (χ1n) is 8.53. The molecule has 3 rings (SSSR count).